The molecule has 17 heavy (non-hydrogen) atoms. The summed E-state index contributed by atoms with van der Waals surface area (Å²) < 4.78 is 0. The van der Waals surface area contributed by atoms with Crippen molar-refractivity contribution in [2.75, 3.05) is 13.1 Å². The maximum absolute atomic E-state index is 11.5. The molecule has 0 rings (SSSR count). The number of rotatable bonds is 10. The van der Waals surface area contributed by atoms with Gasteiger partial charge in [-0.2, -0.15) is 0 Å². The number of hydrogen-bond acceptors (Lipinski definition) is 3. The number of primary amides is 1. The fourth-order valence-electron chi connectivity index (χ4n) is 1.45. The molecule has 0 aromatic rings. The molecule has 0 radical (unpaired) electrons. The van der Waals surface area contributed by atoms with E-state index >= 15 is 0 Å². The molecule has 0 saturated heterocycles. The highest BCUT2D eigenvalue weighted by Crippen LogP contribution is 1.94. The smallest absolute Gasteiger partial charge is 0.235 e. The summed E-state index contributed by atoms with van der Waals surface area (Å²) in [6.45, 7) is 5.47. The second-order valence-corrected chi connectivity index (χ2v) is 4.17. The van der Waals surface area contributed by atoms with Crippen molar-refractivity contribution in [1.29, 1.82) is 0 Å². The largest absolute Gasteiger partial charge is 0.368 e. The number of nitrogens with two attached hydrogens (primary N) is 1. The number of carbonyl (C=O) groups excluding carboxylic acids is 2. The Balaban J connectivity index is 3.83. The van der Waals surface area contributed by atoms with Crippen LogP contribution in [0.4, 0.5) is 0 Å². The topological polar surface area (TPSA) is 84.2 Å². The van der Waals surface area contributed by atoms with Gasteiger partial charge in [0.15, 0.2) is 0 Å². The van der Waals surface area contributed by atoms with Crippen molar-refractivity contribution in [2.45, 2.75) is 52.0 Å². The van der Waals surface area contributed by atoms with Crippen LogP contribution in [0.5, 0.6) is 0 Å². The average molecular weight is 243 g/mol. The lowest BCUT2D eigenvalue weighted by Gasteiger charge is -2.14. The van der Waals surface area contributed by atoms with Crippen LogP contribution in [-0.2, 0) is 9.59 Å². The summed E-state index contributed by atoms with van der Waals surface area (Å²) in [5, 5.41) is 5.76. The minimum Gasteiger partial charge on any atom is -0.368 e. The van der Waals surface area contributed by atoms with Gasteiger partial charge in [-0.1, -0.05) is 26.7 Å². The van der Waals surface area contributed by atoms with Crippen molar-refractivity contribution in [1.82, 2.24) is 10.6 Å². The Kier molecular flexibility index (Phi) is 9.43. The molecule has 5 nitrogen and oxygen atoms in total. The first-order valence-electron chi connectivity index (χ1n) is 6.41. The molecule has 2 amide bonds. The second-order valence-electron chi connectivity index (χ2n) is 4.17. The van der Waals surface area contributed by atoms with E-state index in [1.54, 1.807) is 0 Å². The Labute approximate surface area is 104 Å². The van der Waals surface area contributed by atoms with Crippen LogP contribution in [0.3, 0.4) is 0 Å². The monoisotopic (exact) mass is 243 g/mol. The number of carbonyl (C=O) groups is 2. The molecule has 0 heterocycles. The first-order chi connectivity index (χ1) is 8.11. The van der Waals surface area contributed by atoms with Crippen LogP contribution in [-0.4, -0.2) is 30.9 Å². The van der Waals surface area contributed by atoms with Crippen LogP contribution in [0, 0.1) is 0 Å². The summed E-state index contributed by atoms with van der Waals surface area (Å²) in [7, 11) is 0. The Bertz CT molecular complexity index is 232. The number of hydrogen-bond donors (Lipinski definition) is 3. The molecule has 5 heteroatoms. The molecule has 0 bridgehead atoms. The molecular weight excluding hydrogens is 218 g/mol. The van der Waals surface area contributed by atoms with Crippen molar-refractivity contribution in [3.05, 3.63) is 0 Å². The first kappa shape index (κ1) is 15.9. The third-order valence-corrected chi connectivity index (χ3v) is 2.48. The fraction of sp³-hybridized carbons (Fsp3) is 0.833. The summed E-state index contributed by atoms with van der Waals surface area (Å²) in [4.78, 5) is 22.6. The normalized spacial score (nSPS) is 12.1. The Morgan fingerprint density at radius 3 is 2.35 bits per heavy atom. The van der Waals surface area contributed by atoms with Gasteiger partial charge < -0.3 is 16.4 Å². The standard InChI is InChI=1S/C12H25N3O2/c1-3-5-6-8-15-11(16)9-10(12(13)17)14-7-4-2/h10,14H,3-9H2,1-2H3,(H2,13,17)(H,15,16). The molecule has 1 unspecified atom stereocenters. The molecule has 0 aliphatic carbocycles. The highest BCUT2D eigenvalue weighted by atomic mass is 16.2. The minimum absolute atomic E-state index is 0.117. The zero-order valence-electron chi connectivity index (χ0n) is 10.9. The predicted molar refractivity (Wildman–Crippen MR) is 68.4 cm³/mol. The van der Waals surface area contributed by atoms with Crippen molar-refractivity contribution in [3.63, 3.8) is 0 Å². The van der Waals surface area contributed by atoms with Gasteiger partial charge in [0.25, 0.3) is 0 Å². The lowest BCUT2D eigenvalue weighted by Crippen LogP contribution is -2.45. The second kappa shape index (κ2) is 10.1. The van der Waals surface area contributed by atoms with Gasteiger partial charge in [-0.3, -0.25) is 9.59 Å². The molecular formula is C12H25N3O2. The Morgan fingerprint density at radius 1 is 1.12 bits per heavy atom. The molecule has 0 aromatic heterocycles. The Morgan fingerprint density at radius 2 is 1.82 bits per heavy atom. The molecule has 100 valence electrons. The molecule has 0 aromatic carbocycles. The van der Waals surface area contributed by atoms with Crippen LogP contribution in [0.2, 0.25) is 0 Å². The summed E-state index contributed by atoms with van der Waals surface area (Å²) in [5.74, 6) is -0.587. The number of amides is 2. The third-order valence-electron chi connectivity index (χ3n) is 2.48. The van der Waals surface area contributed by atoms with E-state index in [1.165, 1.54) is 0 Å². The maximum atomic E-state index is 11.5. The van der Waals surface area contributed by atoms with E-state index in [-0.39, 0.29) is 12.3 Å². The maximum Gasteiger partial charge on any atom is 0.235 e. The molecule has 0 spiro atoms. The van der Waals surface area contributed by atoms with Gasteiger partial charge in [0.1, 0.15) is 0 Å². The third kappa shape index (κ3) is 8.68. The molecule has 0 fully saturated rings. The van der Waals surface area contributed by atoms with E-state index in [0.29, 0.717) is 13.1 Å². The van der Waals surface area contributed by atoms with Crippen LogP contribution in [0.1, 0.15) is 46.0 Å². The van der Waals surface area contributed by atoms with Gasteiger partial charge in [0.05, 0.1) is 12.5 Å². The van der Waals surface area contributed by atoms with E-state index in [0.717, 1.165) is 25.7 Å². The predicted octanol–water partition coefficient (Wildman–Crippen LogP) is 0.536. The van der Waals surface area contributed by atoms with Crippen LogP contribution in [0.15, 0.2) is 0 Å². The van der Waals surface area contributed by atoms with E-state index in [1.807, 2.05) is 6.92 Å². The minimum atomic E-state index is -0.555. The van der Waals surface area contributed by atoms with Gasteiger partial charge in [-0.05, 0) is 19.4 Å². The van der Waals surface area contributed by atoms with Gasteiger partial charge in [-0.25, -0.2) is 0 Å². The number of unbranched alkanes of at least 4 members (excludes halogenated alkanes) is 2. The van der Waals surface area contributed by atoms with E-state index < -0.39 is 11.9 Å². The van der Waals surface area contributed by atoms with Gasteiger partial charge in [0, 0.05) is 6.54 Å². The van der Waals surface area contributed by atoms with E-state index in [9.17, 15) is 9.59 Å². The highest BCUT2D eigenvalue weighted by molar-refractivity contribution is 5.87. The summed E-state index contributed by atoms with van der Waals surface area (Å²) in [6, 6.07) is -0.555. The summed E-state index contributed by atoms with van der Waals surface area (Å²) in [6.07, 6.45) is 4.24. The molecule has 0 aliphatic rings. The van der Waals surface area contributed by atoms with E-state index in [4.69, 9.17) is 5.73 Å². The van der Waals surface area contributed by atoms with Gasteiger partial charge >= 0.3 is 0 Å². The summed E-state index contributed by atoms with van der Waals surface area (Å²) >= 11 is 0. The molecule has 4 N–H and O–H groups in total. The van der Waals surface area contributed by atoms with Crippen LogP contribution >= 0.6 is 0 Å². The van der Waals surface area contributed by atoms with Gasteiger partial charge in [-0.15, -0.1) is 0 Å². The summed E-state index contributed by atoms with van der Waals surface area (Å²) in [5.41, 5.74) is 5.22. The number of nitrogens with one attached hydrogen (secondary N) is 2. The Hall–Kier alpha value is -1.10. The molecule has 1 atom stereocenters. The quantitative estimate of drug-likeness (QED) is 0.489. The van der Waals surface area contributed by atoms with Crippen LogP contribution < -0.4 is 16.4 Å². The SMILES string of the molecule is CCCCCNC(=O)CC(NCCC)C(N)=O. The van der Waals surface area contributed by atoms with Crippen LogP contribution in [0.25, 0.3) is 0 Å². The molecule has 0 saturated carbocycles. The first-order valence-corrected chi connectivity index (χ1v) is 6.41. The lowest BCUT2D eigenvalue weighted by atomic mass is 10.1. The van der Waals surface area contributed by atoms with Gasteiger partial charge in [0.2, 0.25) is 11.8 Å². The average Bonchev–Trinajstić information content (AvgIpc) is 2.29. The zero-order chi connectivity index (χ0) is 13.1. The van der Waals surface area contributed by atoms with Crippen molar-refractivity contribution < 1.29 is 9.59 Å². The lowest BCUT2D eigenvalue weighted by molar-refractivity contribution is -0.126. The zero-order valence-corrected chi connectivity index (χ0v) is 10.9. The molecule has 0 aliphatic heterocycles. The van der Waals surface area contributed by atoms with Crippen molar-refractivity contribution >= 4 is 11.8 Å². The van der Waals surface area contributed by atoms with E-state index in [2.05, 4.69) is 17.6 Å². The fourth-order valence-corrected chi connectivity index (χ4v) is 1.45. The highest BCUT2D eigenvalue weighted by Gasteiger charge is 2.17. The van der Waals surface area contributed by atoms with Crippen molar-refractivity contribution in [2.24, 2.45) is 5.73 Å². The van der Waals surface area contributed by atoms with Crippen molar-refractivity contribution in [3.8, 4) is 0 Å².